The highest BCUT2D eigenvalue weighted by molar-refractivity contribution is 5.92. The van der Waals surface area contributed by atoms with Gasteiger partial charge in [-0.1, -0.05) is 13.8 Å². The van der Waals surface area contributed by atoms with Gasteiger partial charge >= 0.3 is 6.61 Å². The Morgan fingerprint density at radius 1 is 1.37 bits per heavy atom. The summed E-state index contributed by atoms with van der Waals surface area (Å²) >= 11 is 0. The zero-order valence-electron chi connectivity index (χ0n) is 10.5. The van der Waals surface area contributed by atoms with E-state index in [0.717, 1.165) is 12.1 Å². The molecule has 0 saturated carbocycles. The number of rotatable bonds is 6. The Bertz CT molecular complexity index is 439. The van der Waals surface area contributed by atoms with Crippen LogP contribution in [0.1, 0.15) is 13.8 Å². The molecule has 0 saturated heterocycles. The van der Waals surface area contributed by atoms with Crippen LogP contribution in [0.4, 0.5) is 18.9 Å². The second kappa shape index (κ2) is 6.98. The molecule has 1 rings (SSSR count). The van der Waals surface area contributed by atoms with Crippen LogP contribution in [0.15, 0.2) is 18.2 Å². The molecule has 0 fully saturated rings. The van der Waals surface area contributed by atoms with Gasteiger partial charge in [0.15, 0.2) is 11.6 Å². The highest BCUT2D eigenvalue weighted by atomic mass is 19.3. The highest BCUT2D eigenvalue weighted by Crippen LogP contribution is 2.22. The van der Waals surface area contributed by atoms with Crippen LogP contribution in [0.25, 0.3) is 0 Å². The van der Waals surface area contributed by atoms with Gasteiger partial charge in [-0.3, -0.25) is 4.79 Å². The van der Waals surface area contributed by atoms with Gasteiger partial charge in [-0.15, -0.1) is 0 Å². The molecule has 1 amide bonds. The molecular weight excluding hydrogens is 261 g/mol. The summed E-state index contributed by atoms with van der Waals surface area (Å²) in [4.78, 5) is 11.4. The number of hydrogen-bond acceptors (Lipinski definition) is 3. The smallest absolute Gasteiger partial charge is 0.387 e. The molecule has 106 valence electrons. The van der Waals surface area contributed by atoms with Crippen molar-refractivity contribution in [3.05, 3.63) is 24.0 Å². The normalized spacial score (nSPS) is 10.9. The van der Waals surface area contributed by atoms with E-state index in [-0.39, 0.29) is 24.2 Å². The molecule has 0 heterocycles. The summed E-state index contributed by atoms with van der Waals surface area (Å²) in [5.41, 5.74) is 0.176. The lowest BCUT2D eigenvalue weighted by atomic mass is 10.3. The van der Waals surface area contributed by atoms with Gasteiger partial charge in [0.25, 0.3) is 0 Å². The first-order chi connectivity index (χ1) is 8.88. The third-order valence-corrected chi connectivity index (χ3v) is 2.10. The molecule has 0 aliphatic rings. The van der Waals surface area contributed by atoms with Gasteiger partial charge in [-0.2, -0.15) is 8.78 Å². The van der Waals surface area contributed by atoms with Crippen LogP contribution < -0.4 is 15.4 Å². The maximum Gasteiger partial charge on any atom is 0.387 e. The van der Waals surface area contributed by atoms with Crippen LogP contribution in [0.5, 0.6) is 5.75 Å². The maximum absolute atomic E-state index is 13.3. The van der Waals surface area contributed by atoms with E-state index in [1.54, 1.807) is 0 Å². The zero-order valence-corrected chi connectivity index (χ0v) is 10.5. The fourth-order valence-electron chi connectivity index (χ4n) is 1.27. The van der Waals surface area contributed by atoms with E-state index in [9.17, 15) is 18.0 Å². The van der Waals surface area contributed by atoms with Crippen molar-refractivity contribution in [3.63, 3.8) is 0 Å². The Kier molecular flexibility index (Phi) is 5.62. The van der Waals surface area contributed by atoms with Gasteiger partial charge in [-0.05, 0) is 12.1 Å². The molecule has 0 bridgehead atoms. The van der Waals surface area contributed by atoms with Crippen LogP contribution in [0.2, 0.25) is 0 Å². The zero-order chi connectivity index (χ0) is 14.4. The number of alkyl halides is 2. The van der Waals surface area contributed by atoms with E-state index in [2.05, 4.69) is 15.4 Å². The van der Waals surface area contributed by atoms with Crippen molar-refractivity contribution < 1.29 is 22.7 Å². The minimum absolute atomic E-state index is 0.0779. The molecule has 0 spiro atoms. The molecule has 4 nitrogen and oxygen atoms in total. The largest absolute Gasteiger partial charge is 0.432 e. The number of nitrogens with one attached hydrogen (secondary N) is 2. The molecule has 0 aromatic heterocycles. The number of amides is 1. The molecule has 7 heteroatoms. The lowest BCUT2D eigenvalue weighted by molar-refractivity contribution is -0.115. The molecule has 0 aliphatic heterocycles. The Balaban J connectivity index is 2.60. The average Bonchev–Trinajstić information content (AvgIpc) is 2.29. The standard InChI is InChI=1S/C12H15F3N2O2/c1-7(2)16-6-11(18)17-8-3-4-10(9(13)5-8)19-12(14)15/h3-5,7,12,16H,6H2,1-2H3,(H,17,18). The van der Waals surface area contributed by atoms with Gasteiger partial charge in [0, 0.05) is 17.8 Å². The van der Waals surface area contributed by atoms with E-state index in [1.807, 2.05) is 13.8 Å². The molecule has 1 aromatic carbocycles. The predicted octanol–water partition coefficient (Wildman–Crippen LogP) is 2.36. The quantitative estimate of drug-likeness (QED) is 0.838. The van der Waals surface area contributed by atoms with Crippen LogP contribution in [-0.2, 0) is 4.79 Å². The molecule has 0 atom stereocenters. The van der Waals surface area contributed by atoms with Crippen LogP contribution in [0.3, 0.4) is 0 Å². The number of carbonyl (C=O) groups is 1. The summed E-state index contributed by atoms with van der Waals surface area (Å²) in [7, 11) is 0. The Labute approximate surface area is 108 Å². The average molecular weight is 276 g/mol. The van der Waals surface area contributed by atoms with Crippen LogP contribution in [0, 0.1) is 5.82 Å². The van der Waals surface area contributed by atoms with Gasteiger partial charge in [0.2, 0.25) is 5.91 Å². The van der Waals surface area contributed by atoms with Crippen molar-refractivity contribution in [2.75, 3.05) is 11.9 Å². The summed E-state index contributed by atoms with van der Waals surface area (Å²) in [6.45, 7) is 0.742. The van der Waals surface area contributed by atoms with Crippen molar-refractivity contribution in [2.45, 2.75) is 26.5 Å². The third-order valence-electron chi connectivity index (χ3n) is 2.10. The first-order valence-corrected chi connectivity index (χ1v) is 5.66. The number of anilines is 1. The molecular formula is C12H15F3N2O2. The van der Waals surface area contributed by atoms with E-state index >= 15 is 0 Å². The minimum atomic E-state index is -3.09. The lowest BCUT2D eigenvalue weighted by Gasteiger charge is -2.10. The maximum atomic E-state index is 13.3. The topological polar surface area (TPSA) is 50.4 Å². The molecule has 2 N–H and O–H groups in total. The van der Waals surface area contributed by atoms with Gasteiger partial charge in [0.05, 0.1) is 6.54 Å². The second-order valence-corrected chi connectivity index (χ2v) is 4.11. The van der Waals surface area contributed by atoms with Crippen LogP contribution in [-0.4, -0.2) is 25.1 Å². The summed E-state index contributed by atoms with van der Waals surface area (Å²) in [6.07, 6.45) is 0. The number of ether oxygens (including phenoxy) is 1. The lowest BCUT2D eigenvalue weighted by Crippen LogP contribution is -2.32. The fraction of sp³-hybridized carbons (Fsp3) is 0.417. The van der Waals surface area contributed by atoms with Gasteiger partial charge in [-0.25, -0.2) is 4.39 Å². The number of halogens is 3. The molecule has 19 heavy (non-hydrogen) atoms. The predicted molar refractivity (Wildman–Crippen MR) is 64.8 cm³/mol. The van der Waals surface area contributed by atoms with Crippen molar-refractivity contribution in [2.24, 2.45) is 0 Å². The van der Waals surface area contributed by atoms with E-state index < -0.39 is 18.2 Å². The molecule has 1 aromatic rings. The second-order valence-electron chi connectivity index (χ2n) is 4.11. The summed E-state index contributed by atoms with van der Waals surface area (Å²) in [5.74, 6) is -1.88. The van der Waals surface area contributed by atoms with Gasteiger partial charge < -0.3 is 15.4 Å². The van der Waals surface area contributed by atoms with Crippen molar-refractivity contribution in [1.29, 1.82) is 0 Å². The number of hydrogen-bond donors (Lipinski definition) is 2. The monoisotopic (exact) mass is 276 g/mol. The Morgan fingerprint density at radius 3 is 2.58 bits per heavy atom. The fourth-order valence-corrected chi connectivity index (χ4v) is 1.27. The van der Waals surface area contributed by atoms with Crippen molar-refractivity contribution in [3.8, 4) is 5.75 Å². The summed E-state index contributed by atoms with van der Waals surface area (Å²) in [6, 6.07) is 3.38. The van der Waals surface area contributed by atoms with Crippen molar-refractivity contribution in [1.82, 2.24) is 5.32 Å². The summed E-state index contributed by atoms with van der Waals surface area (Å²) < 4.78 is 41.1. The number of benzene rings is 1. The van der Waals surface area contributed by atoms with E-state index in [0.29, 0.717) is 0 Å². The van der Waals surface area contributed by atoms with Gasteiger partial charge in [0.1, 0.15) is 0 Å². The SMILES string of the molecule is CC(C)NCC(=O)Nc1ccc(OC(F)F)c(F)c1. The molecule has 0 unspecified atom stereocenters. The van der Waals surface area contributed by atoms with E-state index in [4.69, 9.17) is 0 Å². The Hall–Kier alpha value is -1.76. The first kappa shape index (κ1) is 15.3. The highest BCUT2D eigenvalue weighted by Gasteiger charge is 2.11. The number of carbonyl (C=O) groups excluding carboxylic acids is 1. The summed E-state index contributed by atoms with van der Waals surface area (Å²) in [5, 5.41) is 5.32. The Morgan fingerprint density at radius 2 is 2.05 bits per heavy atom. The third kappa shape index (κ3) is 5.60. The minimum Gasteiger partial charge on any atom is -0.432 e. The first-order valence-electron chi connectivity index (χ1n) is 5.66. The van der Waals surface area contributed by atoms with Crippen molar-refractivity contribution >= 4 is 11.6 Å². The van der Waals surface area contributed by atoms with Crippen LogP contribution >= 0.6 is 0 Å². The molecule has 0 radical (unpaired) electrons. The molecule has 0 aliphatic carbocycles. The van der Waals surface area contributed by atoms with E-state index in [1.165, 1.54) is 6.07 Å².